The molecule has 1 saturated heterocycles. The fourth-order valence-corrected chi connectivity index (χ4v) is 4.47. The van der Waals surface area contributed by atoms with Crippen LogP contribution in [0.5, 0.6) is 0 Å². The van der Waals surface area contributed by atoms with Gasteiger partial charge in [-0.1, -0.05) is 36.9 Å². The second-order valence-corrected chi connectivity index (χ2v) is 9.35. The summed E-state index contributed by atoms with van der Waals surface area (Å²) in [7, 11) is 0. The van der Waals surface area contributed by atoms with Gasteiger partial charge in [0.05, 0.1) is 16.6 Å². The third kappa shape index (κ3) is 5.21. The van der Waals surface area contributed by atoms with Crippen molar-refractivity contribution >= 4 is 23.6 Å². The molecule has 29 heavy (non-hydrogen) atoms. The van der Waals surface area contributed by atoms with Crippen LogP contribution in [0.2, 0.25) is 5.02 Å². The summed E-state index contributed by atoms with van der Waals surface area (Å²) in [5, 5.41) is -0.139. The van der Waals surface area contributed by atoms with Crippen LogP contribution in [0.1, 0.15) is 69.7 Å². The predicted molar refractivity (Wildman–Crippen MR) is 111 cm³/mol. The van der Waals surface area contributed by atoms with Crippen LogP contribution in [0.4, 0.5) is 9.18 Å². The van der Waals surface area contributed by atoms with Gasteiger partial charge in [0.1, 0.15) is 11.4 Å². The van der Waals surface area contributed by atoms with Crippen LogP contribution in [0.25, 0.3) is 0 Å². The lowest BCUT2D eigenvalue weighted by Gasteiger charge is -2.39. The van der Waals surface area contributed by atoms with Gasteiger partial charge in [-0.25, -0.2) is 9.18 Å². The van der Waals surface area contributed by atoms with E-state index in [-0.39, 0.29) is 34.7 Å². The quantitative estimate of drug-likeness (QED) is 0.664. The van der Waals surface area contributed by atoms with E-state index in [2.05, 4.69) is 0 Å². The first-order valence-electron chi connectivity index (χ1n) is 10.4. The zero-order valence-electron chi connectivity index (χ0n) is 17.4. The predicted octanol–water partition coefficient (Wildman–Crippen LogP) is 5.26. The van der Waals surface area contributed by atoms with Crippen LogP contribution in [-0.4, -0.2) is 52.6 Å². The standard InChI is InChI=1S/C22H30ClFN2O3/c1-22(2,3)29-21(28)25-13-12-16(14-25)26(15-8-5-4-6-9-15)20(27)17-10-7-11-18(24)19(17)23/h7,10-11,15-16H,4-6,8-9,12-14H2,1-3H3/t16-/m0/s1. The molecule has 1 aliphatic carbocycles. The van der Waals surface area contributed by atoms with E-state index in [1.165, 1.54) is 12.1 Å². The molecule has 1 aliphatic heterocycles. The average Bonchev–Trinajstić information content (AvgIpc) is 3.13. The van der Waals surface area contributed by atoms with Gasteiger partial charge < -0.3 is 14.5 Å². The van der Waals surface area contributed by atoms with Gasteiger partial charge in [-0.15, -0.1) is 0 Å². The maximum Gasteiger partial charge on any atom is 0.410 e. The van der Waals surface area contributed by atoms with Crippen molar-refractivity contribution in [2.75, 3.05) is 13.1 Å². The number of halogens is 2. The molecule has 160 valence electrons. The zero-order chi connectivity index (χ0) is 21.2. The highest BCUT2D eigenvalue weighted by atomic mass is 35.5. The first-order chi connectivity index (χ1) is 13.7. The first-order valence-corrected chi connectivity index (χ1v) is 10.8. The van der Waals surface area contributed by atoms with Crippen LogP contribution in [0.3, 0.4) is 0 Å². The number of ether oxygens (including phenoxy) is 1. The molecule has 0 unspecified atom stereocenters. The number of hydrogen-bond acceptors (Lipinski definition) is 3. The normalized spacial score (nSPS) is 20.6. The lowest BCUT2D eigenvalue weighted by atomic mass is 9.92. The summed E-state index contributed by atoms with van der Waals surface area (Å²) in [6, 6.07) is 4.29. The van der Waals surface area contributed by atoms with E-state index in [1.807, 2.05) is 25.7 Å². The maximum atomic E-state index is 14.0. The number of carbonyl (C=O) groups is 2. The summed E-state index contributed by atoms with van der Waals surface area (Å²) < 4.78 is 19.5. The third-order valence-corrected chi connectivity index (χ3v) is 5.98. The second kappa shape index (κ2) is 8.90. The van der Waals surface area contributed by atoms with Gasteiger partial charge in [-0.05, 0) is 52.2 Å². The van der Waals surface area contributed by atoms with Gasteiger partial charge in [0.2, 0.25) is 0 Å². The second-order valence-electron chi connectivity index (χ2n) is 8.97. The lowest BCUT2D eigenvalue weighted by molar-refractivity contribution is 0.0257. The Hall–Kier alpha value is -1.82. The van der Waals surface area contributed by atoms with Crippen molar-refractivity contribution in [1.29, 1.82) is 0 Å². The number of carbonyl (C=O) groups excluding carboxylic acids is 2. The van der Waals surface area contributed by atoms with E-state index >= 15 is 0 Å². The highest BCUT2D eigenvalue weighted by Gasteiger charge is 2.39. The van der Waals surface area contributed by atoms with Crippen molar-refractivity contribution < 1.29 is 18.7 Å². The van der Waals surface area contributed by atoms with Crippen molar-refractivity contribution in [3.05, 3.63) is 34.6 Å². The molecule has 1 saturated carbocycles. The highest BCUT2D eigenvalue weighted by molar-refractivity contribution is 6.34. The number of likely N-dealkylation sites (tertiary alicyclic amines) is 1. The molecule has 1 heterocycles. The molecule has 5 nitrogen and oxygen atoms in total. The molecule has 3 rings (SSSR count). The summed E-state index contributed by atoms with van der Waals surface area (Å²) >= 11 is 6.12. The van der Waals surface area contributed by atoms with E-state index in [1.54, 1.807) is 11.0 Å². The zero-order valence-corrected chi connectivity index (χ0v) is 18.2. The lowest BCUT2D eigenvalue weighted by Crippen LogP contribution is -2.49. The minimum Gasteiger partial charge on any atom is -0.444 e. The SMILES string of the molecule is CC(C)(C)OC(=O)N1CC[C@H](N(C(=O)c2cccc(F)c2Cl)C2CCCCC2)C1. The Balaban J connectivity index is 1.82. The molecule has 2 fully saturated rings. The van der Waals surface area contributed by atoms with E-state index in [0.717, 1.165) is 32.1 Å². The van der Waals surface area contributed by atoms with Gasteiger partial charge in [-0.3, -0.25) is 4.79 Å². The monoisotopic (exact) mass is 424 g/mol. The summed E-state index contributed by atoms with van der Waals surface area (Å²) in [4.78, 5) is 29.4. The summed E-state index contributed by atoms with van der Waals surface area (Å²) in [5.41, 5.74) is -0.378. The molecule has 0 bridgehead atoms. The van der Waals surface area contributed by atoms with Crippen LogP contribution < -0.4 is 0 Å². The summed E-state index contributed by atoms with van der Waals surface area (Å²) in [6.07, 6.45) is 5.44. The molecule has 0 aromatic heterocycles. The van der Waals surface area contributed by atoms with Crippen molar-refractivity contribution in [2.45, 2.75) is 77.0 Å². The topological polar surface area (TPSA) is 49.9 Å². The molecule has 1 aromatic rings. The Labute approximate surface area is 177 Å². The number of nitrogens with zero attached hydrogens (tertiary/aromatic N) is 2. The molecule has 2 aliphatic rings. The molecule has 2 amide bonds. The molecule has 7 heteroatoms. The minimum absolute atomic E-state index is 0.0826. The summed E-state index contributed by atoms with van der Waals surface area (Å²) in [5.74, 6) is -0.847. The Bertz CT molecular complexity index is 759. The van der Waals surface area contributed by atoms with Crippen molar-refractivity contribution in [2.24, 2.45) is 0 Å². The van der Waals surface area contributed by atoms with Crippen LogP contribution >= 0.6 is 11.6 Å². The van der Waals surface area contributed by atoms with Crippen molar-refractivity contribution in [1.82, 2.24) is 9.80 Å². The van der Waals surface area contributed by atoms with Crippen molar-refractivity contribution in [3.63, 3.8) is 0 Å². The molecule has 1 atom stereocenters. The summed E-state index contributed by atoms with van der Waals surface area (Å²) in [6.45, 7) is 6.46. The molecular weight excluding hydrogens is 395 g/mol. The maximum absolute atomic E-state index is 14.0. The van der Waals surface area contributed by atoms with E-state index in [4.69, 9.17) is 16.3 Å². The molecule has 0 N–H and O–H groups in total. The van der Waals surface area contributed by atoms with Gasteiger partial charge in [-0.2, -0.15) is 0 Å². The smallest absolute Gasteiger partial charge is 0.410 e. The Morgan fingerprint density at radius 2 is 1.83 bits per heavy atom. The fraction of sp³-hybridized carbons (Fsp3) is 0.636. The Kier molecular flexibility index (Phi) is 6.72. The van der Waals surface area contributed by atoms with E-state index < -0.39 is 11.4 Å². The Morgan fingerprint density at radius 3 is 2.48 bits per heavy atom. The number of hydrogen-bond donors (Lipinski definition) is 0. The van der Waals surface area contributed by atoms with Gasteiger partial charge in [0.25, 0.3) is 5.91 Å². The van der Waals surface area contributed by atoms with Crippen LogP contribution in [0.15, 0.2) is 18.2 Å². The average molecular weight is 425 g/mol. The third-order valence-electron chi connectivity index (χ3n) is 5.59. The van der Waals surface area contributed by atoms with Gasteiger partial charge in [0, 0.05) is 19.1 Å². The molecule has 1 aromatic carbocycles. The molecular formula is C22H30ClFN2O3. The minimum atomic E-state index is -0.595. The number of benzene rings is 1. The highest BCUT2D eigenvalue weighted by Crippen LogP contribution is 2.31. The van der Waals surface area contributed by atoms with Crippen molar-refractivity contribution in [3.8, 4) is 0 Å². The van der Waals surface area contributed by atoms with Crippen LogP contribution in [0, 0.1) is 5.82 Å². The molecule has 0 spiro atoms. The fourth-order valence-electron chi connectivity index (χ4n) is 4.26. The molecule has 0 radical (unpaired) electrons. The first kappa shape index (κ1) is 21.9. The Morgan fingerprint density at radius 1 is 1.14 bits per heavy atom. The number of rotatable bonds is 3. The van der Waals surface area contributed by atoms with Crippen LogP contribution in [-0.2, 0) is 4.74 Å². The van der Waals surface area contributed by atoms with Gasteiger partial charge >= 0.3 is 6.09 Å². The number of amides is 2. The van der Waals surface area contributed by atoms with E-state index in [0.29, 0.717) is 19.5 Å². The van der Waals surface area contributed by atoms with E-state index in [9.17, 15) is 14.0 Å². The largest absolute Gasteiger partial charge is 0.444 e. The van der Waals surface area contributed by atoms with Gasteiger partial charge in [0.15, 0.2) is 0 Å².